The number of hydrogen-bond acceptors (Lipinski definition) is 6. The zero-order valence-corrected chi connectivity index (χ0v) is 10.9. The van der Waals surface area contributed by atoms with E-state index in [1.54, 1.807) is 24.7 Å². The molecule has 0 unspecified atom stereocenters. The van der Waals surface area contributed by atoms with Crippen molar-refractivity contribution >= 4 is 11.9 Å². The number of amides is 1. The van der Waals surface area contributed by atoms with Gasteiger partial charge in [-0.15, -0.1) is 5.10 Å². The highest BCUT2D eigenvalue weighted by atomic mass is 16.2. The van der Waals surface area contributed by atoms with Gasteiger partial charge in [-0.05, 0) is 18.9 Å². The molecule has 20 heavy (non-hydrogen) atoms. The number of carbonyl (C=O) groups excluding carboxylic acids is 1. The Bertz CT molecular complexity index is 579. The summed E-state index contributed by atoms with van der Waals surface area (Å²) in [6, 6.07) is 2.31. The van der Waals surface area contributed by atoms with Gasteiger partial charge in [0.2, 0.25) is 11.9 Å². The van der Waals surface area contributed by atoms with Gasteiger partial charge in [0.1, 0.15) is 6.54 Å². The Labute approximate surface area is 115 Å². The van der Waals surface area contributed by atoms with E-state index in [2.05, 4.69) is 30.9 Å². The second-order valence-corrected chi connectivity index (χ2v) is 4.68. The van der Waals surface area contributed by atoms with Crippen LogP contribution in [0.1, 0.15) is 18.5 Å². The van der Waals surface area contributed by atoms with Gasteiger partial charge in [0.25, 0.3) is 0 Å². The number of rotatable bonds is 6. The fourth-order valence-corrected chi connectivity index (χ4v) is 1.71. The molecule has 0 spiro atoms. The predicted octanol–water partition coefficient (Wildman–Crippen LogP) is -0.0412. The maximum Gasteiger partial charge on any atom is 0.248 e. The summed E-state index contributed by atoms with van der Waals surface area (Å²) >= 11 is 0. The highest BCUT2D eigenvalue weighted by Gasteiger charge is 2.20. The molecule has 2 heterocycles. The first-order valence-corrected chi connectivity index (χ1v) is 6.49. The van der Waals surface area contributed by atoms with Crippen molar-refractivity contribution in [3.63, 3.8) is 0 Å². The summed E-state index contributed by atoms with van der Waals surface area (Å²) in [5.74, 6) is 0.0519. The minimum Gasteiger partial charge on any atom is -0.308 e. The van der Waals surface area contributed by atoms with E-state index in [4.69, 9.17) is 0 Å². The van der Waals surface area contributed by atoms with Crippen LogP contribution in [0.4, 0.5) is 5.95 Å². The maximum absolute atomic E-state index is 11.8. The van der Waals surface area contributed by atoms with Crippen LogP contribution >= 0.6 is 0 Å². The predicted molar refractivity (Wildman–Crippen MR) is 70.5 cm³/mol. The van der Waals surface area contributed by atoms with Crippen molar-refractivity contribution in [1.29, 1.82) is 0 Å². The lowest BCUT2D eigenvalue weighted by atomic mass is 10.4. The van der Waals surface area contributed by atoms with Crippen LogP contribution in [0.5, 0.6) is 0 Å². The fourth-order valence-electron chi connectivity index (χ4n) is 1.71. The van der Waals surface area contributed by atoms with E-state index in [-0.39, 0.29) is 18.4 Å². The topological polar surface area (TPSA) is 97.6 Å². The standard InChI is InChI=1S/C12H15N7O/c20-11(16-12-13-4-1-5-14-12)8-19-7-10(17-18-19)6-15-9-2-3-9/h1,4-5,7,9,15H,2-3,6,8H2,(H,13,14,16,20). The molecule has 1 amide bonds. The molecule has 1 aliphatic rings. The Hall–Kier alpha value is -2.35. The van der Waals surface area contributed by atoms with Crippen molar-refractivity contribution in [2.45, 2.75) is 32.0 Å². The molecular formula is C12H15N7O. The first kappa shape index (κ1) is 12.7. The summed E-state index contributed by atoms with van der Waals surface area (Å²) in [4.78, 5) is 19.6. The van der Waals surface area contributed by atoms with Crippen LogP contribution in [0, 0.1) is 0 Å². The normalized spacial score (nSPS) is 14.2. The van der Waals surface area contributed by atoms with Crippen LogP contribution in [0.2, 0.25) is 0 Å². The Morgan fingerprint density at radius 2 is 2.15 bits per heavy atom. The van der Waals surface area contributed by atoms with Crippen molar-refractivity contribution < 1.29 is 4.79 Å². The molecule has 8 nitrogen and oxygen atoms in total. The van der Waals surface area contributed by atoms with E-state index < -0.39 is 0 Å². The maximum atomic E-state index is 11.8. The summed E-state index contributed by atoms with van der Waals surface area (Å²) in [6.45, 7) is 0.781. The van der Waals surface area contributed by atoms with E-state index in [9.17, 15) is 4.79 Å². The van der Waals surface area contributed by atoms with Crippen LogP contribution in [-0.2, 0) is 17.9 Å². The SMILES string of the molecule is O=C(Cn1cc(CNC2CC2)nn1)Nc1ncccn1. The lowest BCUT2D eigenvalue weighted by Crippen LogP contribution is -2.20. The number of nitrogens with one attached hydrogen (secondary N) is 2. The fraction of sp³-hybridized carbons (Fsp3) is 0.417. The average Bonchev–Trinajstić information content (AvgIpc) is 3.18. The Balaban J connectivity index is 1.50. The average molecular weight is 273 g/mol. The third-order valence-corrected chi connectivity index (χ3v) is 2.86. The van der Waals surface area contributed by atoms with Crippen molar-refractivity contribution in [3.8, 4) is 0 Å². The van der Waals surface area contributed by atoms with Crippen LogP contribution in [0.15, 0.2) is 24.7 Å². The quantitative estimate of drug-likeness (QED) is 0.766. The lowest BCUT2D eigenvalue weighted by molar-refractivity contribution is -0.117. The largest absolute Gasteiger partial charge is 0.308 e. The molecular weight excluding hydrogens is 258 g/mol. The second-order valence-electron chi connectivity index (χ2n) is 4.68. The summed E-state index contributed by atoms with van der Waals surface area (Å²) in [6.07, 6.45) is 7.36. The molecule has 0 saturated heterocycles. The van der Waals surface area contributed by atoms with E-state index in [1.807, 2.05) is 0 Å². The van der Waals surface area contributed by atoms with Gasteiger partial charge in [-0.25, -0.2) is 14.6 Å². The number of carbonyl (C=O) groups is 1. The summed E-state index contributed by atoms with van der Waals surface area (Å²) in [7, 11) is 0. The monoisotopic (exact) mass is 273 g/mol. The molecule has 1 aliphatic carbocycles. The number of anilines is 1. The molecule has 0 radical (unpaired) electrons. The van der Waals surface area contributed by atoms with E-state index in [0.29, 0.717) is 12.6 Å². The van der Waals surface area contributed by atoms with Gasteiger partial charge in [-0.2, -0.15) is 0 Å². The molecule has 0 aliphatic heterocycles. The van der Waals surface area contributed by atoms with Gasteiger partial charge in [-0.1, -0.05) is 5.21 Å². The molecule has 0 aromatic carbocycles. The summed E-state index contributed by atoms with van der Waals surface area (Å²) in [5.41, 5.74) is 0.834. The molecule has 2 N–H and O–H groups in total. The molecule has 2 aromatic heterocycles. The molecule has 3 rings (SSSR count). The summed E-state index contributed by atoms with van der Waals surface area (Å²) in [5, 5.41) is 13.9. The Morgan fingerprint density at radius 1 is 1.35 bits per heavy atom. The van der Waals surface area contributed by atoms with E-state index in [1.165, 1.54) is 17.5 Å². The number of hydrogen-bond donors (Lipinski definition) is 2. The minimum atomic E-state index is -0.234. The van der Waals surface area contributed by atoms with Gasteiger partial charge in [0.15, 0.2) is 0 Å². The Morgan fingerprint density at radius 3 is 2.90 bits per heavy atom. The molecule has 0 atom stereocenters. The minimum absolute atomic E-state index is 0.0919. The second kappa shape index (κ2) is 5.74. The van der Waals surface area contributed by atoms with Gasteiger partial charge in [0.05, 0.1) is 11.9 Å². The van der Waals surface area contributed by atoms with Gasteiger partial charge < -0.3 is 5.32 Å². The third kappa shape index (κ3) is 3.58. The molecule has 2 aromatic rings. The third-order valence-electron chi connectivity index (χ3n) is 2.86. The van der Waals surface area contributed by atoms with E-state index in [0.717, 1.165) is 5.69 Å². The smallest absolute Gasteiger partial charge is 0.248 e. The van der Waals surface area contributed by atoms with Crippen LogP contribution < -0.4 is 10.6 Å². The first-order chi connectivity index (χ1) is 9.79. The van der Waals surface area contributed by atoms with Gasteiger partial charge >= 0.3 is 0 Å². The van der Waals surface area contributed by atoms with Crippen molar-refractivity contribution in [2.75, 3.05) is 5.32 Å². The van der Waals surface area contributed by atoms with E-state index >= 15 is 0 Å². The first-order valence-electron chi connectivity index (χ1n) is 6.49. The zero-order valence-electron chi connectivity index (χ0n) is 10.9. The van der Waals surface area contributed by atoms with Gasteiger partial charge in [-0.3, -0.25) is 10.1 Å². The van der Waals surface area contributed by atoms with Crippen molar-refractivity contribution in [1.82, 2.24) is 30.3 Å². The van der Waals surface area contributed by atoms with Crippen LogP contribution in [-0.4, -0.2) is 36.9 Å². The summed E-state index contributed by atoms with van der Waals surface area (Å²) < 4.78 is 1.50. The molecule has 0 bridgehead atoms. The molecule has 8 heteroatoms. The zero-order chi connectivity index (χ0) is 13.8. The highest BCUT2D eigenvalue weighted by molar-refractivity contribution is 5.88. The van der Waals surface area contributed by atoms with Crippen LogP contribution in [0.25, 0.3) is 0 Å². The lowest BCUT2D eigenvalue weighted by Gasteiger charge is -2.02. The van der Waals surface area contributed by atoms with Crippen LogP contribution in [0.3, 0.4) is 0 Å². The van der Waals surface area contributed by atoms with Crippen molar-refractivity contribution in [2.24, 2.45) is 0 Å². The van der Waals surface area contributed by atoms with Gasteiger partial charge in [0, 0.05) is 25.0 Å². The Kier molecular flexibility index (Phi) is 3.64. The molecule has 1 fully saturated rings. The highest BCUT2D eigenvalue weighted by Crippen LogP contribution is 2.18. The number of nitrogens with zero attached hydrogens (tertiary/aromatic N) is 5. The molecule has 104 valence electrons. The van der Waals surface area contributed by atoms with Crippen molar-refractivity contribution in [3.05, 3.63) is 30.4 Å². The number of aromatic nitrogens is 5. The molecule has 1 saturated carbocycles.